The summed E-state index contributed by atoms with van der Waals surface area (Å²) in [5, 5.41) is 4.05. The number of anilines is 1. The Morgan fingerprint density at radius 3 is 2.68 bits per heavy atom. The molecule has 1 aliphatic rings. The van der Waals surface area contributed by atoms with Gasteiger partial charge in [-0.25, -0.2) is 0 Å². The highest BCUT2D eigenvalue weighted by molar-refractivity contribution is 7.99. The number of rotatable bonds is 6. The molecule has 1 N–H and O–H groups in total. The Morgan fingerprint density at radius 1 is 1.12 bits per heavy atom. The van der Waals surface area contributed by atoms with E-state index in [-0.39, 0.29) is 5.91 Å². The number of hydrogen-bond acceptors (Lipinski definition) is 3. The zero-order valence-corrected chi connectivity index (χ0v) is 16.4. The third kappa shape index (κ3) is 4.08. The van der Waals surface area contributed by atoms with Gasteiger partial charge in [-0.05, 0) is 62.2 Å². The van der Waals surface area contributed by atoms with E-state index < -0.39 is 5.41 Å². The number of carbonyl (C=O) groups excluding carboxylic acids is 1. The molecule has 6 heteroatoms. The van der Waals surface area contributed by atoms with E-state index in [2.05, 4.69) is 5.32 Å². The summed E-state index contributed by atoms with van der Waals surface area (Å²) in [5.41, 5.74) is 1.34. The number of ether oxygens (including phenoxy) is 1. The van der Waals surface area contributed by atoms with Crippen LogP contribution in [0.2, 0.25) is 10.0 Å². The summed E-state index contributed by atoms with van der Waals surface area (Å²) in [6.45, 7) is 4.46. The standard InChI is InChI=1S/C19H19Cl2NO2S/c1-19(2)14-10-12(4-7-17(14)22-18(19)23)24-8-3-9-25-13-5-6-15(20)16(21)11-13/h4-7,10-11H,3,8-9H2,1-2H3,(H,22,23). The van der Waals surface area contributed by atoms with E-state index in [1.807, 2.05) is 50.2 Å². The lowest BCUT2D eigenvalue weighted by Gasteiger charge is -2.16. The fourth-order valence-electron chi connectivity index (χ4n) is 2.65. The molecule has 0 aliphatic carbocycles. The highest BCUT2D eigenvalue weighted by atomic mass is 35.5. The Hall–Kier alpha value is -1.36. The topological polar surface area (TPSA) is 38.3 Å². The van der Waals surface area contributed by atoms with Crippen molar-refractivity contribution < 1.29 is 9.53 Å². The average molecular weight is 396 g/mol. The van der Waals surface area contributed by atoms with Gasteiger partial charge < -0.3 is 10.1 Å². The predicted octanol–water partition coefficient (Wildman–Crippen LogP) is 5.78. The molecule has 0 bridgehead atoms. The molecule has 2 aromatic rings. The minimum atomic E-state index is -0.515. The fourth-order valence-corrected chi connectivity index (χ4v) is 3.87. The van der Waals surface area contributed by atoms with Crippen LogP contribution in [0, 0.1) is 0 Å². The van der Waals surface area contributed by atoms with Gasteiger partial charge in [0, 0.05) is 16.3 Å². The monoisotopic (exact) mass is 395 g/mol. The van der Waals surface area contributed by atoms with Crippen LogP contribution in [0.4, 0.5) is 5.69 Å². The van der Waals surface area contributed by atoms with E-state index in [1.165, 1.54) is 0 Å². The molecular weight excluding hydrogens is 377 g/mol. The maximum Gasteiger partial charge on any atom is 0.234 e. The van der Waals surface area contributed by atoms with Gasteiger partial charge in [-0.15, -0.1) is 11.8 Å². The van der Waals surface area contributed by atoms with Gasteiger partial charge in [-0.2, -0.15) is 0 Å². The number of amides is 1. The molecule has 0 spiro atoms. The van der Waals surface area contributed by atoms with Crippen molar-refractivity contribution >= 4 is 46.6 Å². The van der Waals surface area contributed by atoms with Crippen LogP contribution in [0.5, 0.6) is 5.75 Å². The first kappa shape index (κ1) is 18.4. The summed E-state index contributed by atoms with van der Waals surface area (Å²) in [6.07, 6.45) is 0.905. The Morgan fingerprint density at radius 2 is 1.92 bits per heavy atom. The van der Waals surface area contributed by atoms with Gasteiger partial charge in [0.25, 0.3) is 0 Å². The minimum Gasteiger partial charge on any atom is -0.494 e. The molecule has 3 nitrogen and oxygen atoms in total. The molecule has 0 atom stereocenters. The summed E-state index contributed by atoms with van der Waals surface area (Å²) < 4.78 is 5.84. The van der Waals surface area contributed by atoms with Crippen LogP contribution in [0.25, 0.3) is 0 Å². The first-order valence-electron chi connectivity index (χ1n) is 8.04. The minimum absolute atomic E-state index is 0.0256. The van der Waals surface area contributed by atoms with Crippen molar-refractivity contribution in [2.75, 3.05) is 17.7 Å². The number of benzene rings is 2. The van der Waals surface area contributed by atoms with Crippen LogP contribution in [-0.2, 0) is 10.2 Å². The molecule has 0 unspecified atom stereocenters. The largest absolute Gasteiger partial charge is 0.494 e. The fraction of sp³-hybridized carbons (Fsp3) is 0.316. The molecule has 0 aromatic heterocycles. The molecule has 0 saturated carbocycles. The van der Waals surface area contributed by atoms with Crippen molar-refractivity contribution in [1.82, 2.24) is 0 Å². The molecule has 0 radical (unpaired) electrons. The predicted molar refractivity (Wildman–Crippen MR) is 105 cm³/mol. The third-order valence-electron chi connectivity index (χ3n) is 4.20. The first-order chi connectivity index (χ1) is 11.9. The summed E-state index contributed by atoms with van der Waals surface area (Å²) in [5.74, 6) is 1.74. The Labute approximate surface area is 162 Å². The molecule has 132 valence electrons. The number of hydrogen-bond donors (Lipinski definition) is 1. The van der Waals surface area contributed by atoms with Gasteiger partial charge in [0.1, 0.15) is 5.75 Å². The quantitative estimate of drug-likeness (QED) is 0.497. The highest BCUT2D eigenvalue weighted by Gasteiger charge is 2.38. The van der Waals surface area contributed by atoms with Gasteiger partial charge in [-0.1, -0.05) is 23.2 Å². The summed E-state index contributed by atoms with van der Waals surface area (Å²) in [7, 11) is 0. The molecule has 1 aliphatic heterocycles. The van der Waals surface area contributed by atoms with Gasteiger partial charge in [-0.3, -0.25) is 4.79 Å². The van der Waals surface area contributed by atoms with Crippen LogP contribution >= 0.6 is 35.0 Å². The van der Waals surface area contributed by atoms with Crippen molar-refractivity contribution in [1.29, 1.82) is 0 Å². The van der Waals surface area contributed by atoms with Gasteiger partial charge in [0.05, 0.1) is 22.1 Å². The van der Waals surface area contributed by atoms with E-state index in [9.17, 15) is 4.79 Å². The molecule has 0 fully saturated rings. The molecule has 2 aromatic carbocycles. The summed E-state index contributed by atoms with van der Waals surface area (Å²) >= 11 is 13.7. The van der Waals surface area contributed by atoms with Gasteiger partial charge in [0.2, 0.25) is 5.91 Å². The number of fused-ring (bicyclic) bond motifs is 1. The van der Waals surface area contributed by atoms with Gasteiger partial charge >= 0.3 is 0 Å². The first-order valence-corrected chi connectivity index (χ1v) is 9.79. The molecule has 1 amide bonds. The maximum atomic E-state index is 12.0. The number of carbonyl (C=O) groups is 1. The lowest BCUT2D eigenvalue weighted by molar-refractivity contribution is -0.119. The van der Waals surface area contributed by atoms with Crippen LogP contribution in [0.1, 0.15) is 25.8 Å². The van der Waals surface area contributed by atoms with Crippen molar-refractivity contribution in [3.05, 3.63) is 52.0 Å². The van der Waals surface area contributed by atoms with Crippen molar-refractivity contribution in [3.8, 4) is 5.75 Å². The second kappa shape index (κ2) is 7.48. The van der Waals surface area contributed by atoms with Crippen molar-refractivity contribution in [2.24, 2.45) is 0 Å². The SMILES string of the molecule is CC1(C)C(=O)Nc2ccc(OCCCSc3ccc(Cl)c(Cl)c3)cc21. The van der Waals surface area contributed by atoms with Crippen molar-refractivity contribution in [2.45, 2.75) is 30.6 Å². The van der Waals surface area contributed by atoms with E-state index >= 15 is 0 Å². The van der Waals surface area contributed by atoms with E-state index in [4.69, 9.17) is 27.9 Å². The second-order valence-corrected chi connectivity index (χ2v) is 8.40. The Bertz CT molecular complexity index is 808. The maximum absolute atomic E-state index is 12.0. The third-order valence-corrected chi connectivity index (χ3v) is 6.02. The Balaban J connectivity index is 1.49. The molecule has 0 saturated heterocycles. The molecule has 3 rings (SSSR count). The average Bonchev–Trinajstić information content (AvgIpc) is 2.80. The second-order valence-electron chi connectivity index (χ2n) is 6.41. The van der Waals surface area contributed by atoms with Crippen LogP contribution in [0.3, 0.4) is 0 Å². The number of nitrogens with one attached hydrogen (secondary N) is 1. The number of thioether (sulfide) groups is 1. The number of halogens is 2. The van der Waals surface area contributed by atoms with Crippen molar-refractivity contribution in [3.63, 3.8) is 0 Å². The Kier molecular flexibility index (Phi) is 5.52. The van der Waals surface area contributed by atoms with E-state index in [0.29, 0.717) is 16.7 Å². The lowest BCUT2D eigenvalue weighted by Crippen LogP contribution is -2.26. The summed E-state index contributed by atoms with van der Waals surface area (Å²) in [6, 6.07) is 11.4. The van der Waals surface area contributed by atoms with Crippen LogP contribution < -0.4 is 10.1 Å². The normalized spacial score (nSPS) is 15.0. The lowest BCUT2D eigenvalue weighted by atomic mass is 9.86. The smallest absolute Gasteiger partial charge is 0.234 e. The van der Waals surface area contributed by atoms with E-state index in [1.54, 1.807) is 11.8 Å². The van der Waals surface area contributed by atoms with Crippen LogP contribution in [0.15, 0.2) is 41.3 Å². The highest BCUT2D eigenvalue weighted by Crippen LogP contribution is 2.39. The molecule has 25 heavy (non-hydrogen) atoms. The molecule has 1 heterocycles. The van der Waals surface area contributed by atoms with Crippen LogP contribution in [-0.4, -0.2) is 18.3 Å². The zero-order chi connectivity index (χ0) is 18.0. The van der Waals surface area contributed by atoms with E-state index in [0.717, 1.165) is 34.1 Å². The zero-order valence-electron chi connectivity index (χ0n) is 14.1. The van der Waals surface area contributed by atoms with Gasteiger partial charge in [0.15, 0.2) is 0 Å². The summed E-state index contributed by atoms with van der Waals surface area (Å²) in [4.78, 5) is 13.1. The molecular formula is C19H19Cl2NO2S.